The summed E-state index contributed by atoms with van der Waals surface area (Å²) in [5, 5.41) is 16.7. The van der Waals surface area contributed by atoms with Gasteiger partial charge in [-0.15, -0.1) is 0 Å². The van der Waals surface area contributed by atoms with E-state index in [1.165, 1.54) is 119 Å². The topological polar surface area (TPSA) is 171 Å². The number of hydrogen-bond acceptors (Lipinski definition) is 13. The maximum atomic E-state index is 13.0. The Bertz CT molecular complexity index is 5270. The van der Waals surface area contributed by atoms with Crippen LogP contribution in [0.1, 0.15) is 75.3 Å². The molecule has 0 radical (unpaired) electrons. The number of oxazole rings is 1. The van der Waals surface area contributed by atoms with Crippen molar-refractivity contribution in [1.29, 1.82) is 0 Å². The quantitative estimate of drug-likeness (QED) is 0.0844. The lowest BCUT2D eigenvalue weighted by molar-refractivity contribution is -0.137. The van der Waals surface area contributed by atoms with Crippen LogP contribution < -0.4 is 21.6 Å². The fourth-order valence-electron chi connectivity index (χ4n) is 14.6. The lowest BCUT2D eigenvalue weighted by Crippen LogP contribution is -2.29. The minimum absolute atomic E-state index is 0.0246. The zero-order chi connectivity index (χ0) is 69.7. The molecule has 0 spiro atoms. The summed E-state index contributed by atoms with van der Waals surface area (Å²) in [6.45, 7) is 17.2. The molecule has 12 heterocycles. The van der Waals surface area contributed by atoms with E-state index in [9.17, 15) is 27.6 Å². The zero-order valence-corrected chi connectivity index (χ0v) is 57.3. The first-order valence-electron chi connectivity index (χ1n) is 35.8. The van der Waals surface area contributed by atoms with Gasteiger partial charge in [-0.3, -0.25) is 47.1 Å². The van der Waals surface area contributed by atoms with Crippen LogP contribution in [0, 0.1) is 6.92 Å². The third-order valence-electron chi connectivity index (χ3n) is 20.3. The number of aryl methyl sites for hydroxylation is 2. The number of alkyl halides is 3. The van der Waals surface area contributed by atoms with Crippen LogP contribution >= 0.6 is 0 Å². The van der Waals surface area contributed by atoms with E-state index in [4.69, 9.17) is 4.42 Å². The van der Waals surface area contributed by atoms with Gasteiger partial charge in [0.05, 0.1) is 59.5 Å². The molecule has 8 aromatic heterocycles. The van der Waals surface area contributed by atoms with E-state index in [1.807, 2.05) is 103 Å². The number of benzene rings is 5. The highest BCUT2D eigenvalue weighted by molar-refractivity contribution is 5.83. The Morgan fingerprint density at radius 1 is 0.412 bits per heavy atom. The number of hydrogen-bond donors (Lipinski definition) is 0. The highest BCUT2D eigenvalue weighted by atomic mass is 19.4. The predicted molar refractivity (Wildman–Crippen MR) is 395 cm³/mol. The van der Waals surface area contributed by atoms with Gasteiger partial charge in [0.2, 0.25) is 5.89 Å². The summed E-state index contributed by atoms with van der Waals surface area (Å²) in [5.74, 6) is 0.453. The van der Waals surface area contributed by atoms with E-state index < -0.39 is 11.7 Å². The first kappa shape index (κ1) is 67.3. The van der Waals surface area contributed by atoms with E-state index in [0.717, 1.165) is 137 Å². The maximum absolute atomic E-state index is 13.0. The largest absolute Gasteiger partial charge is 0.436 e. The predicted octanol–water partition coefficient (Wildman–Crippen LogP) is 14.1. The van der Waals surface area contributed by atoms with Gasteiger partial charge in [-0.1, -0.05) is 18.2 Å². The maximum Gasteiger partial charge on any atom is 0.417 e. The van der Waals surface area contributed by atoms with E-state index >= 15 is 0 Å². The molecule has 4 aliphatic heterocycles. The zero-order valence-electron chi connectivity index (χ0n) is 57.3. The van der Waals surface area contributed by atoms with Gasteiger partial charge < -0.3 is 24.0 Å². The number of piperidine rings is 1. The lowest BCUT2D eigenvalue weighted by atomic mass is 10.1. The molecule has 17 rings (SSSR count). The number of pyridine rings is 4. The molecule has 0 N–H and O–H groups in total. The number of nitrogens with zero attached hydrogens (tertiary/aromatic N) is 15. The van der Waals surface area contributed by atoms with Crippen molar-refractivity contribution >= 4 is 49.5 Å². The molecule has 0 atom stereocenters. The van der Waals surface area contributed by atoms with E-state index in [0.29, 0.717) is 34.0 Å². The number of likely N-dealkylation sites (tertiary alicyclic amines) is 3. The smallest absolute Gasteiger partial charge is 0.417 e. The summed E-state index contributed by atoms with van der Waals surface area (Å²) in [6.07, 6.45) is 19.9. The highest BCUT2D eigenvalue weighted by Crippen LogP contribution is 2.32. The molecule has 4 aliphatic rings. The Hall–Kier alpha value is -10.6. The number of fused-ring (bicyclic) bond motifs is 4. The molecule has 19 nitrogen and oxygen atoms in total. The van der Waals surface area contributed by atoms with Gasteiger partial charge in [0.15, 0.2) is 5.58 Å². The average molecular weight is 1370 g/mol. The van der Waals surface area contributed by atoms with Crippen LogP contribution in [0.25, 0.3) is 94.7 Å². The first-order chi connectivity index (χ1) is 49.8. The van der Waals surface area contributed by atoms with Crippen molar-refractivity contribution < 1.29 is 17.6 Å². The van der Waals surface area contributed by atoms with Crippen LogP contribution in [-0.2, 0) is 25.8 Å². The molecule has 5 aromatic carbocycles. The van der Waals surface area contributed by atoms with Gasteiger partial charge >= 0.3 is 6.18 Å². The Morgan fingerprint density at radius 3 is 1.37 bits per heavy atom. The second kappa shape index (κ2) is 29.9. The number of halogens is 3. The third kappa shape index (κ3) is 15.2. The van der Waals surface area contributed by atoms with E-state index in [-0.39, 0.29) is 16.7 Å². The van der Waals surface area contributed by atoms with Crippen LogP contribution in [0.4, 0.5) is 18.9 Å². The summed E-state index contributed by atoms with van der Waals surface area (Å²) in [5.41, 5.74) is 11.7. The van der Waals surface area contributed by atoms with Crippen molar-refractivity contribution in [2.24, 2.45) is 0 Å². The van der Waals surface area contributed by atoms with Crippen molar-refractivity contribution in [3.8, 4) is 50.9 Å². The fraction of sp³-hybridized carbons (Fsp3) is 0.325. The second-order valence-electron chi connectivity index (χ2n) is 27.2. The van der Waals surface area contributed by atoms with Crippen molar-refractivity contribution in [1.82, 2.24) is 67.7 Å². The summed E-state index contributed by atoms with van der Waals surface area (Å²) < 4.78 is 55.1. The normalized spacial score (nSPS) is 15.4. The summed E-state index contributed by atoms with van der Waals surface area (Å²) in [4.78, 5) is 57.1. The van der Waals surface area contributed by atoms with Crippen molar-refractivity contribution in [3.05, 3.63) is 231 Å². The molecule has 4 saturated heterocycles. The van der Waals surface area contributed by atoms with Gasteiger partial charge in [0.25, 0.3) is 16.7 Å². The van der Waals surface area contributed by atoms with Crippen molar-refractivity contribution in [2.75, 3.05) is 76.9 Å². The van der Waals surface area contributed by atoms with Gasteiger partial charge in [-0.25, -0.2) is 4.98 Å². The molecule has 13 aromatic rings. The van der Waals surface area contributed by atoms with Gasteiger partial charge in [-0.05, 0) is 243 Å². The first-order valence-corrected chi connectivity index (χ1v) is 35.8. The molecule has 0 amide bonds. The van der Waals surface area contributed by atoms with Crippen LogP contribution in [0.3, 0.4) is 0 Å². The molecule has 4 fully saturated rings. The van der Waals surface area contributed by atoms with Crippen LogP contribution in [0.5, 0.6) is 0 Å². The molecule has 0 bridgehead atoms. The van der Waals surface area contributed by atoms with Crippen LogP contribution in [-0.4, -0.2) is 140 Å². The summed E-state index contributed by atoms with van der Waals surface area (Å²) >= 11 is 0. The Labute approximate surface area is 587 Å². The van der Waals surface area contributed by atoms with E-state index in [2.05, 4.69) is 90.6 Å². The fourth-order valence-corrected chi connectivity index (χ4v) is 14.6. The van der Waals surface area contributed by atoms with Crippen LogP contribution in [0.2, 0.25) is 0 Å². The van der Waals surface area contributed by atoms with Crippen molar-refractivity contribution in [2.45, 2.75) is 96.9 Å². The SMILES string of the molecule is Cc1ccc2oc(-c3ccn(-c4ccc5c(cnn5CCN5CCCC5)c4)c(=O)c3)nc2c1.O=c1cc(-c2ccc(C(F)(F)F)cn2)ccn1-c1ccc2c(cnn2CCCN2CCCC2)c1.O=c1cc(-c2ccc(N3CCCCC3)cc2)ccn1-c1ccc2c(cnn2CCN2CCCC2)c1. The molecule has 0 aliphatic carbocycles. The lowest BCUT2D eigenvalue weighted by Gasteiger charge is -2.28. The molecule has 0 unspecified atom stereocenters. The minimum atomic E-state index is -4.45. The Balaban J connectivity index is 0.000000124. The molecule has 0 saturated carbocycles. The molecular formula is C80H82F3N15O4. The number of rotatable bonds is 17. The van der Waals surface area contributed by atoms with Crippen LogP contribution in [0.15, 0.2) is 208 Å². The molecular weight excluding hydrogens is 1290 g/mol. The molecule has 522 valence electrons. The van der Waals surface area contributed by atoms with Gasteiger partial charge in [0, 0.05) is 126 Å². The van der Waals surface area contributed by atoms with Crippen molar-refractivity contribution in [3.63, 3.8) is 0 Å². The highest BCUT2D eigenvalue weighted by Gasteiger charge is 2.31. The average Bonchev–Trinajstić information content (AvgIpc) is 1.39. The van der Waals surface area contributed by atoms with Gasteiger partial charge in [0.1, 0.15) is 5.52 Å². The third-order valence-corrected chi connectivity index (χ3v) is 20.3. The number of aromatic nitrogens is 11. The Kier molecular flexibility index (Phi) is 19.8. The second-order valence-corrected chi connectivity index (χ2v) is 27.2. The number of anilines is 1. The standard InChI is InChI=1S/C29H33N5O.C26H25N5O2.C25H24F3N5O/c35-29-21-24(23-6-8-26(9-7-23)32-15-2-1-3-16-32)12-17-33(29)27-10-11-28-25(20-27)22-30-34(28)19-18-31-13-4-5-14-31;1-18-4-7-24-22(14-18)28-26(33-24)19-8-11-30(25(32)16-19)21-5-6-23-20(15-21)17-27-31(23)13-12-29-9-2-3-10-29;26-25(27,28)20-4-6-22(29-17-20)18-8-13-32(24(34)15-18)21-5-7-23-19(14-21)16-30-33(23)12-3-11-31-9-1-2-10-31/h6-12,17,20-22H,1-5,13-16,18-19H2;4-8,11,14-17H,2-3,9-10,12-13H2,1H3;4-8,13-17H,1-3,9-12H2. The van der Waals surface area contributed by atoms with E-state index in [1.54, 1.807) is 45.9 Å². The molecule has 22 heteroatoms. The Morgan fingerprint density at radius 2 is 0.873 bits per heavy atom. The van der Waals surface area contributed by atoms with Gasteiger partial charge in [-0.2, -0.15) is 28.5 Å². The summed E-state index contributed by atoms with van der Waals surface area (Å²) in [6, 6.07) is 44.9. The summed E-state index contributed by atoms with van der Waals surface area (Å²) in [7, 11) is 0. The minimum Gasteiger partial charge on any atom is -0.436 e. The molecule has 102 heavy (non-hydrogen) atoms. The monoisotopic (exact) mass is 1370 g/mol.